The number of rotatable bonds is 2. The van der Waals surface area contributed by atoms with Gasteiger partial charge in [0.15, 0.2) is 0 Å². The molecular weight excluding hydrogens is 162 g/mol. The molecule has 1 aliphatic heterocycles. The van der Waals surface area contributed by atoms with Crippen LogP contribution in [0.2, 0.25) is 0 Å². The van der Waals surface area contributed by atoms with Gasteiger partial charge in [-0.15, -0.1) is 0 Å². The van der Waals surface area contributed by atoms with Crippen LogP contribution in [0.15, 0.2) is 0 Å². The molecule has 1 amide bonds. The van der Waals surface area contributed by atoms with Crippen LogP contribution in [0, 0.1) is 5.92 Å². The summed E-state index contributed by atoms with van der Waals surface area (Å²) in [4.78, 5) is 22.5. The van der Waals surface area contributed by atoms with E-state index in [0.29, 0.717) is 13.1 Å². The molecule has 5 heteroatoms. The van der Waals surface area contributed by atoms with E-state index in [9.17, 15) is 9.59 Å². The lowest BCUT2D eigenvalue weighted by molar-refractivity contribution is -0.139. The van der Waals surface area contributed by atoms with Crippen LogP contribution in [0.3, 0.4) is 0 Å². The van der Waals surface area contributed by atoms with Crippen molar-refractivity contribution < 1.29 is 19.4 Å². The summed E-state index contributed by atoms with van der Waals surface area (Å²) in [6, 6.07) is 0. The second-order valence-electron chi connectivity index (χ2n) is 2.84. The van der Waals surface area contributed by atoms with Gasteiger partial charge in [-0.05, 0) is 0 Å². The first kappa shape index (κ1) is 8.83. The quantitative estimate of drug-likeness (QED) is 0.645. The van der Waals surface area contributed by atoms with E-state index in [-0.39, 0.29) is 18.4 Å². The molecular formula is C7H11NO4. The molecule has 0 aromatic rings. The fraction of sp³-hybridized carbons (Fsp3) is 0.714. The number of hydrogen-bond donors (Lipinski definition) is 1. The average molecular weight is 173 g/mol. The van der Waals surface area contributed by atoms with Crippen LogP contribution in [0.5, 0.6) is 0 Å². The molecule has 5 nitrogen and oxygen atoms in total. The second-order valence-corrected chi connectivity index (χ2v) is 2.84. The van der Waals surface area contributed by atoms with Gasteiger partial charge >= 0.3 is 12.1 Å². The zero-order chi connectivity index (χ0) is 9.14. The lowest BCUT2D eigenvalue weighted by atomic mass is 9.97. The highest BCUT2D eigenvalue weighted by molar-refractivity contribution is 5.70. The van der Waals surface area contributed by atoms with Gasteiger partial charge in [-0.1, -0.05) is 0 Å². The van der Waals surface area contributed by atoms with E-state index in [0.717, 1.165) is 0 Å². The Morgan fingerprint density at radius 2 is 2.17 bits per heavy atom. The molecule has 0 aromatic carbocycles. The Hall–Kier alpha value is -1.26. The maximum absolute atomic E-state index is 10.8. The van der Waals surface area contributed by atoms with E-state index >= 15 is 0 Å². The second kappa shape index (κ2) is 3.42. The Labute approximate surface area is 69.9 Å². The van der Waals surface area contributed by atoms with Gasteiger partial charge in [0.1, 0.15) is 0 Å². The first-order chi connectivity index (χ1) is 5.63. The topological polar surface area (TPSA) is 66.8 Å². The minimum Gasteiger partial charge on any atom is -0.481 e. The molecule has 0 spiro atoms. The van der Waals surface area contributed by atoms with Gasteiger partial charge in [-0.2, -0.15) is 0 Å². The van der Waals surface area contributed by atoms with Crippen molar-refractivity contribution in [2.75, 3.05) is 20.2 Å². The number of amides is 1. The maximum Gasteiger partial charge on any atom is 0.409 e. The third-order valence-corrected chi connectivity index (χ3v) is 1.85. The molecule has 0 aromatic heterocycles. The number of carboxylic acids is 1. The van der Waals surface area contributed by atoms with Gasteiger partial charge in [0.25, 0.3) is 0 Å². The molecule has 12 heavy (non-hydrogen) atoms. The molecule has 0 unspecified atom stereocenters. The normalized spacial score (nSPS) is 16.9. The van der Waals surface area contributed by atoms with Crippen molar-refractivity contribution in [1.29, 1.82) is 0 Å². The van der Waals surface area contributed by atoms with Crippen molar-refractivity contribution in [3.05, 3.63) is 0 Å². The van der Waals surface area contributed by atoms with E-state index in [1.807, 2.05) is 0 Å². The third-order valence-electron chi connectivity index (χ3n) is 1.85. The molecule has 1 aliphatic rings. The van der Waals surface area contributed by atoms with Gasteiger partial charge in [0.2, 0.25) is 0 Å². The number of ether oxygens (including phenoxy) is 1. The first-order valence-electron chi connectivity index (χ1n) is 3.68. The van der Waals surface area contributed by atoms with E-state index < -0.39 is 5.97 Å². The fourth-order valence-electron chi connectivity index (χ4n) is 1.22. The highest BCUT2D eigenvalue weighted by atomic mass is 16.5. The van der Waals surface area contributed by atoms with Crippen LogP contribution < -0.4 is 0 Å². The number of likely N-dealkylation sites (tertiary alicyclic amines) is 1. The largest absolute Gasteiger partial charge is 0.481 e. The zero-order valence-corrected chi connectivity index (χ0v) is 6.82. The summed E-state index contributed by atoms with van der Waals surface area (Å²) in [5.74, 6) is -0.717. The summed E-state index contributed by atoms with van der Waals surface area (Å²) in [6.45, 7) is 0.998. The molecule has 68 valence electrons. The zero-order valence-electron chi connectivity index (χ0n) is 6.82. The van der Waals surface area contributed by atoms with Gasteiger partial charge in [-0.3, -0.25) is 4.79 Å². The molecule has 0 aliphatic carbocycles. The van der Waals surface area contributed by atoms with Gasteiger partial charge in [-0.25, -0.2) is 4.79 Å². The van der Waals surface area contributed by atoms with E-state index in [4.69, 9.17) is 5.11 Å². The van der Waals surface area contributed by atoms with E-state index in [1.54, 1.807) is 0 Å². The molecule has 0 radical (unpaired) electrons. The van der Waals surface area contributed by atoms with Crippen molar-refractivity contribution in [2.24, 2.45) is 5.92 Å². The summed E-state index contributed by atoms with van der Waals surface area (Å²) in [5.41, 5.74) is 0. The van der Waals surface area contributed by atoms with Crippen LogP contribution in [0.4, 0.5) is 4.79 Å². The Morgan fingerprint density at radius 1 is 1.58 bits per heavy atom. The summed E-state index contributed by atoms with van der Waals surface area (Å²) in [7, 11) is 1.31. The van der Waals surface area contributed by atoms with Crippen molar-refractivity contribution in [3.63, 3.8) is 0 Å². The van der Waals surface area contributed by atoms with Crippen LogP contribution in [-0.4, -0.2) is 42.3 Å². The van der Waals surface area contributed by atoms with Crippen molar-refractivity contribution in [3.8, 4) is 0 Å². The van der Waals surface area contributed by atoms with E-state index in [1.165, 1.54) is 12.0 Å². The van der Waals surface area contributed by atoms with Crippen LogP contribution in [0.25, 0.3) is 0 Å². The lowest BCUT2D eigenvalue weighted by Gasteiger charge is -2.37. The number of methoxy groups -OCH3 is 1. The number of carbonyl (C=O) groups excluding carboxylic acids is 1. The smallest absolute Gasteiger partial charge is 0.409 e. The number of nitrogens with zero attached hydrogens (tertiary/aromatic N) is 1. The number of aliphatic carboxylic acids is 1. The van der Waals surface area contributed by atoms with Crippen molar-refractivity contribution in [1.82, 2.24) is 4.90 Å². The molecule has 1 rings (SSSR count). The first-order valence-corrected chi connectivity index (χ1v) is 3.68. The Kier molecular flexibility index (Phi) is 2.52. The average Bonchev–Trinajstić information content (AvgIpc) is 1.94. The van der Waals surface area contributed by atoms with Gasteiger partial charge in [0, 0.05) is 19.0 Å². The maximum atomic E-state index is 10.8. The fourth-order valence-corrected chi connectivity index (χ4v) is 1.22. The summed E-state index contributed by atoms with van der Waals surface area (Å²) in [5, 5.41) is 8.40. The Morgan fingerprint density at radius 3 is 2.58 bits per heavy atom. The number of carbonyl (C=O) groups is 2. The van der Waals surface area contributed by atoms with Crippen molar-refractivity contribution in [2.45, 2.75) is 6.42 Å². The predicted octanol–water partition coefficient (Wildman–Crippen LogP) is 0.159. The number of hydrogen-bond acceptors (Lipinski definition) is 3. The molecule has 0 bridgehead atoms. The molecule has 1 heterocycles. The van der Waals surface area contributed by atoms with Crippen LogP contribution in [-0.2, 0) is 9.53 Å². The molecule has 0 atom stereocenters. The third kappa shape index (κ3) is 1.87. The van der Waals surface area contributed by atoms with Crippen molar-refractivity contribution >= 4 is 12.1 Å². The SMILES string of the molecule is COC(=O)N1CC(CC(=O)O)C1. The van der Waals surface area contributed by atoms with Crippen LogP contribution >= 0.6 is 0 Å². The minimum atomic E-state index is -0.815. The highest BCUT2D eigenvalue weighted by Gasteiger charge is 2.32. The summed E-state index contributed by atoms with van der Waals surface area (Å²) >= 11 is 0. The summed E-state index contributed by atoms with van der Waals surface area (Å²) < 4.78 is 4.45. The monoisotopic (exact) mass is 173 g/mol. The molecule has 1 saturated heterocycles. The standard InChI is InChI=1S/C7H11NO4/c1-12-7(11)8-3-5(4-8)2-6(9)10/h5H,2-4H2,1H3,(H,9,10). The number of carboxylic acid groups (broad SMARTS) is 1. The van der Waals surface area contributed by atoms with Gasteiger partial charge in [0.05, 0.1) is 13.5 Å². The molecule has 0 saturated carbocycles. The van der Waals surface area contributed by atoms with E-state index in [2.05, 4.69) is 4.74 Å². The summed E-state index contributed by atoms with van der Waals surface area (Å²) in [6.07, 6.45) is -0.246. The Bertz CT molecular complexity index is 198. The predicted molar refractivity (Wildman–Crippen MR) is 39.7 cm³/mol. The Balaban J connectivity index is 2.20. The minimum absolute atomic E-state index is 0.0987. The molecule has 1 fully saturated rings. The van der Waals surface area contributed by atoms with Crippen LogP contribution in [0.1, 0.15) is 6.42 Å². The molecule has 1 N–H and O–H groups in total. The lowest BCUT2D eigenvalue weighted by Crippen LogP contribution is -2.50. The highest BCUT2D eigenvalue weighted by Crippen LogP contribution is 2.19. The van der Waals surface area contributed by atoms with Gasteiger partial charge < -0.3 is 14.7 Å².